The van der Waals surface area contributed by atoms with E-state index in [1.54, 1.807) is 6.20 Å². The molecule has 0 unspecified atom stereocenters. The normalized spacial score (nSPS) is 13.0. The van der Waals surface area contributed by atoms with Gasteiger partial charge in [-0.3, -0.25) is 0 Å². The van der Waals surface area contributed by atoms with Crippen LogP contribution in [0.2, 0.25) is 18.1 Å². The molecule has 2 aromatic heterocycles. The van der Waals surface area contributed by atoms with Gasteiger partial charge in [-0.05, 0) is 47.8 Å². The van der Waals surface area contributed by atoms with Crippen LogP contribution in [0.4, 0.5) is 0 Å². The third-order valence-corrected chi connectivity index (χ3v) is 11.7. The summed E-state index contributed by atoms with van der Waals surface area (Å²) in [7, 11) is -1.70. The van der Waals surface area contributed by atoms with Crippen molar-refractivity contribution in [1.29, 1.82) is 0 Å². The molecule has 0 spiro atoms. The summed E-state index contributed by atoms with van der Waals surface area (Å²) in [4.78, 5) is 8.11. The number of hydrogen-bond acceptors (Lipinski definition) is 3. The van der Waals surface area contributed by atoms with Crippen LogP contribution in [0.25, 0.3) is 11.0 Å². The summed E-state index contributed by atoms with van der Waals surface area (Å²) in [5, 5.41) is 1.31. The van der Waals surface area contributed by atoms with Gasteiger partial charge in [0.25, 0.3) is 0 Å². The standard InChI is InChI=1S/C27H39ClN2O2Si/c1-26(2,3)33(6,7)32-14-8-13-31-23-15-22-16-24(30-25(22)29-19-23)27(4,5)17-20-9-11-21(18-28)12-10-20/h9-12,15-16,19H,8,13-14,17-18H2,1-7H3,(H,29,30). The maximum Gasteiger partial charge on any atom is 0.191 e. The van der Waals surface area contributed by atoms with Gasteiger partial charge in [0.2, 0.25) is 0 Å². The average Bonchev–Trinajstić information content (AvgIpc) is 3.17. The fourth-order valence-electron chi connectivity index (χ4n) is 3.58. The second-order valence-electron chi connectivity index (χ2n) is 11.1. The molecular formula is C27H39ClN2O2Si. The SMILES string of the molecule is CC(C)(Cc1ccc(CCl)cc1)c1cc2cc(OCCCO[Si](C)(C)C(C)(C)C)cnc2[nH]1. The molecule has 1 aromatic carbocycles. The molecule has 0 saturated heterocycles. The molecule has 4 nitrogen and oxygen atoms in total. The maximum atomic E-state index is 6.24. The van der Waals surface area contributed by atoms with Crippen LogP contribution in [-0.2, 0) is 22.1 Å². The summed E-state index contributed by atoms with van der Waals surface area (Å²) in [6.45, 7) is 17.2. The van der Waals surface area contributed by atoms with E-state index in [2.05, 4.69) is 94.1 Å². The Bertz CT molecular complexity index is 1050. The maximum absolute atomic E-state index is 6.24. The number of halogens is 1. The fraction of sp³-hybridized carbons (Fsp3) is 0.519. The highest BCUT2D eigenvalue weighted by atomic mass is 35.5. The first kappa shape index (κ1) is 25.8. The molecule has 0 saturated carbocycles. The number of nitrogens with one attached hydrogen (secondary N) is 1. The summed E-state index contributed by atoms with van der Waals surface area (Å²) < 4.78 is 12.2. The lowest BCUT2D eigenvalue weighted by molar-refractivity contribution is 0.233. The third kappa shape index (κ3) is 6.62. The fourth-order valence-corrected chi connectivity index (χ4v) is 4.85. The molecule has 0 bridgehead atoms. The minimum absolute atomic E-state index is 0.0503. The summed E-state index contributed by atoms with van der Waals surface area (Å²) in [5.41, 5.74) is 4.46. The Labute approximate surface area is 205 Å². The van der Waals surface area contributed by atoms with Crippen LogP contribution in [0.1, 0.15) is 57.9 Å². The first-order valence-corrected chi connectivity index (χ1v) is 15.3. The highest BCUT2D eigenvalue weighted by Gasteiger charge is 2.36. The largest absolute Gasteiger partial charge is 0.492 e. The molecule has 0 fully saturated rings. The van der Waals surface area contributed by atoms with Gasteiger partial charge in [-0.2, -0.15) is 0 Å². The number of pyridine rings is 1. The van der Waals surface area contributed by atoms with Crippen molar-refractivity contribution in [3.05, 3.63) is 59.4 Å². The Morgan fingerprint density at radius 1 is 0.970 bits per heavy atom. The van der Waals surface area contributed by atoms with E-state index in [0.29, 0.717) is 12.5 Å². The van der Waals surface area contributed by atoms with Crippen molar-refractivity contribution < 1.29 is 9.16 Å². The second-order valence-corrected chi connectivity index (χ2v) is 16.2. The van der Waals surface area contributed by atoms with Gasteiger partial charge in [0.05, 0.1) is 12.8 Å². The molecule has 2 heterocycles. The lowest BCUT2D eigenvalue weighted by atomic mass is 9.82. The van der Waals surface area contributed by atoms with E-state index in [9.17, 15) is 0 Å². The number of H-pyrrole nitrogens is 1. The van der Waals surface area contributed by atoms with Gasteiger partial charge in [-0.15, -0.1) is 11.6 Å². The van der Waals surface area contributed by atoms with E-state index < -0.39 is 8.32 Å². The van der Waals surface area contributed by atoms with E-state index in [0.717, 1.165) is 41.8 Å². The summed E-state index contributed by atoms with van der Waals surface area (Å²) >= 11 is 5.92. The average molecular weight is 487 g/mol. The van der Waals surface area contributed by atoms with Crippen LogP contribution in [0.3, 0.4) is 0 Å². The molecule has 0 atom stereocenters. The molecule has 6 heteroatoms. The van der Waals surface area contributed by atoms with E-state index >= 15 is 0 Å². The predicted molar refractivity (Wildman–Crippen MR) is 142 cm³/mol. The van der Waals surface area contributed by atoms with E-state index in [-0.39, 0.29) is 10.5 Å². The first-order chi connectivity index (χ1) is 15.4. The molecule has 0 radical (unpaired) electrons. The molecule has 0 aliphatic rings. The summed E-state index contributed by atoms with van der Waals surface area (Å²) in [6, 6.07) is 12.8. The van der Waals surface area contributed by atoms with Crippen LogP contribution in [0.5, 0.6) is 5.75 Å². The van der Waals surface area contributed by atoms with E-state index in [1.165, 1.54) is 11.3 Å². The number of aromatic nitrogens is 2. The Morgan fingerprint density at radius 3 is 2.27 bits per heavy atom. The number of nitrogens with zero attached hydrogens (tertiary/aromatic N) is 1. The number of fused-ring (bicyclic) bond motifs is 1. The number of rotatable bonds is 10. The molecule has 1 N–H and O–H groups in total. The van der Waals surface area contributed by atoms with Crippen molar-refractivity contribution in [2.45, 2.75) is 76.9 Å². The lowest BCUT2D eigenvalue weighted by Gasteiger charge is -2.36. The van der Waals surface area contributed by atoms with Gasteiger partial charge in [0.1, 0.15) is 11.4 Å². The molecule has 0 amide bonds. The summed E-state index contributed by atoms with van der Waals surface area (Å²) in [6.07, 6.45) is 3.60. The third-order valence-electron chi connectivity index (χ3n) is 6.82. The van der Waals surface area contributed by atoms with Crippen LogP contribution in [-0.4, -0.2) is 31.5 Å². The second kappa shape index (κ2) is 10.2. The van der Waals surface area contributed by atoms with Crippen molar-refractivity contribution in [2.24, 2.45) is 0 Å². The number of hydrogen-bond donors (Lipinski definition) is 1. The topological polar surface area (TPSA) is 47.1 Å². The quantitative estimate of drug-likeness (QED) is 0.182. The van der Waals surface area contributed by atoms with Gasteiger partial charge in [-0.1, -0.05) is 58.9 Å². The minimum Gasteiger partial charge on any atom is -0.492 e. The van der Waals surface area contributed by atoms with Gasteiger partial charge in [0.15, 0.2) is 8.32 Å². The molecule has 3 rings (SSSR count). The lowest BCUT2D eigenvalue weighted by Crippen LogP contribution is -2.41. The molecular weight excluding hydrogens is 448 g/mol. The highest BCUT2D eigenvalue weighted by Crippen LogP contribution is 2.36. The van der Waals surface area contributed by atoms with Crippen LogP contribution in [0.15, 0.2) is 42.6 Å². The first-order valence-electron chi connectivity index (χ1n) is 11.8. The Hall–Kier alpha value is -1.82. The highest BCUT2D eigenvalue weighted by molar-refractivity contribution is 6.74. The van der Waals surface area contributed by atoms with Crippen molar-refractivity contribution >= 4 is 31.0 Å². The number of benzene rings is 1. The molecule has 0 aliphatic carbocycles. The zero-order valence-electron chi connectivity index (χ0n) is 21.2. The van der Waals surface area contributed by atoms with Crippen LogP contribution >= 0.6 is 11.6 Å². The summed E-state index contributed by atoms with van der Waals surface area (Å²) in [5.74, 6) is 1.35. The number of ether oxygens (including phenoxy) is 1. The smallest absolute Gasteiger partial charge is 0.191 e. The zero-order valence-corrected chi connectivity index (χ0v) is 23.0. The minimum atomic E-state index is -1.70. The van der Waals surface area contributed by atoms with Gasteiger partial charge < -0.3 is 14.1 Å². The van der Waals surface area contributed by atoms with Crippen LogP contribution < -0.4 is 4.74 Å². The Kier molecular flexibility index (Phi) is 7.98. The van der Waals surface area contributed by atoms with Crippen molar-refractivity contribution in [2.75, 3.05) is 13.2 Å². The number of aromatic amines is 1. The van der Waals surface area contributed by atoms with E-state index in [4.69, 9.17) is 20.8 Å². The molecule has 0 aliphatic heterocycles. The van der Waals surface area contributed by atoms with Crippen molar-refractivity contribution in [3.8, 4) is 5.75 Å². The number of alkyl halides is 1. The van der Waals surface area contributed by atoms with Crippen LogP contribution in [0, 0.1) is 0 Å². The van der Waals surface area contributed by atoms with E-state index in [1.807, 2.05) is 0 Å². The van der Waals surface area contributed by atoms with Crippen molar-refractivity contribution in [1.82, 2.24) is 9.97 Å². The van der Waals surface area contributed by atoms with Gasteiger partial charge >= 0.3 is 0 Å². The zero-order chi connectivity index (χ0) is 24.3. The molecule has 180 valence electrons. The van der Waals surface area contributed by atoms with Gasteiger partial charge in [-0.25, -0.2) is 4.98 Å². The van der Waals surface area contributed by atoms with Crippen molar-refractivity contribution in [3.63, 3.8) is 0 Å². The van der Waals surface area contributed by atoms with Gasteiger partial charge in [0, 0.05) is 35.4 Å². The Balaban J connectivity index is 1.59. The molecule has 3 aromatic rings. The monoisotopic (exact) mass is 486 g/mol. The predicted octanol–water partition coefficient (Wildman–Crippen LogP) is 7.61. The Morgan fingerprint density at radius 2 is 1.64 bits per heavy atom. The molecule has 33 heavy (non-hydrogen) atoms.